The first-order valence-electron chi connectivity index (χ1n) is 6.56. The highest BCUT2D eigenvalue weighted by atomic mass is 32.1. The number of rotatable bonds is 5. The molecule has 0 aromatic carbocycles. The summed E-state index contributed by atoms with van der Waals surface area (Å²) in [4.78, 5) is 5.72. The molecule has 3 atom stereocenters. The van der Waals surface area contributed by atoms with Gasteiger partial charge in [0.15, 0.2) is 0 Å². The fraction of sp³-hybridized carbons (Fsp3) is 0.769. The normalized spacial score (nSPS) is 26.3. The minimum absolute atomic E-state index is 0.368. The number of hydrogen-bond donors (Lipinski definition) is 2. The van der Waals surface area contributed by atoms with E-state index in [1.165, 1.54) is 29.1 Å². The Kier molecular flexibility index (Phi) is 4.54. The average molecular weight is 253 g/mol. The van der Waals surface area contributed by atoms with Crippen LogP contribution < -0.4 is 11.1 Å². The molecule has 0 aliphatic heterocycles. The standard InChI is InChI=1S/C13H23N3S/c1-9-7-16-13(17-9)10(2)15-8-12-5-3-4-11(12)6-14/h7,10-12,15H,3-6,8,14H2,1-2H3. The van der Waals surface area contributed by atoms with Gasteiger partial charge in [-0.2, -0.15) is 0 Å². The molecule has 17 heavy (non-hydrogen) atoms. The molecule has 3 nitrogen and oxygen atoms in total. The van der Waals surface area contributed by atoms with Gasteiger partial charge in [-0.3, -0.25) is 0 Å². The summed E-state index contributed by atoms with van der Waals surface area (Å²) < 4.78 is 0. The van der Waals surface area contributed by atoms with Crippen LogP contribution in [0.2, 0.25) is 0 Å². The van der Waals surface area contributed by atoms with Crippen molar-refractivity contribution in [2.75, 3.05) is 13.1 Å². The zero-order valence-corrected chi connectivity index (χ0v) is 11.6. The number of nitrogens with one attached hydrogen (secondary N) is 1. The molecule has 2 rings (SSSR count). The SMILES string of the molecule is Cc1cnc(C(C)NCC2CCCC2CN)s1. The number of aromatic nitrogens is 1. The Labute approximate surface area is 108 Å². The van der Waals surface area contributed by atoms with Gasteiger partial charge in [0, 0.05) is 11.1 Å². The summed E-state index contributed by atoms with van der Waals surface area (Å²) in [5.74, 6) is 1.50. The van der Waals surface area contributed by atoms with E-state index < -0.39 is 0 Å². The molecule has 4 heteroatoms. The van der Waals surface area contributed by atoms with E-state index in [9.17, 15) is 0 Å². The van der Waals surface area contributed by atoms with Crippen molar-refractivity contribution in [1.29, 1.82) is 0 Å². The summed E-state index contributed by atoms with van der Waals surface area (Å²) in [7, 11) is 0. The fourth-order valence-corrected chi connectivity index (χ4v) is 3.48. The molecule has 1 aliphatic carbocycles. The van der Waals surface area contributed by atoms with E-state index in [0.717, 1.165) is 24.9 Å². The van der Waals surface area contributed by atoms with E-state index in [0.29, 0.717) is 6.04 Å². The van der Waals surface area contributed by atoms with E-state index in [1.54, 1.807) is 11.3 Å². The molecule has 0 radical (unpaired) electrons. The molecule has 0 bridgehead atoms. The Bertz CT molecular complexity index is 350. The lowest BCUT2D eigenvalue weighted by Crippen LogP contribution is -2.30. The number of hydrogen-bond acceptors (Lipinski definition) is 4. The van der Waals surface area contributed by atoms with E-state index in [2.05, 4.69) is 24.1 Å². The highest BCUT2D eigenvalue weighted by Gasteiger charge is 2.26. The van der Waals surface area contributed by atoms with Crippen molar-refractivity contribution in [3.8, 4) is 0 Å². The van der Waals surface area contributed by atoms with Crippen LogP contribution >= 0.6 is 11.3 Å². The molecule has 3 N–H and O–H groups in total. The van der Waals surface area contributed by atoms with E-state index in [-0.39, 0.29) is 0 Å². The summed E-state index contributed by atoms with van der Waals surface area (Å²) in [5, 5.41) is 4.81. The Balaban J connectivity index is 1.81. The summed E-state index contributed by atoms with van der Waals surface area (Å²) in [6.07, 6.45) is 5.95. The number of aryl methyl sites for hydroxylation is 1. The van der Waals surface area contributed by atoms with E-state index in [1.807, 2.05) is 6.20 Å². The lowest BCUT2D eigenvalue weighted by Gasteiger charge is -2.20. The van der Waals surface area contributed by atoms with E-state index in [4.69, 9.17) is 5.73 Å². The highest BCUT2D eigenvalue weighted by Crippen LogP contribution is 2.31. The molecule has 1 saturated carbocycles. The van der Waals surface area contributed by atoms with Gasteiger partial charge in [-0.05, 0) is 51.6 Å². The molecule has 1 aliphatic rings. The first kappa shape index (κ1) is 13.0. The van der Waals surface area contributed by atoms with Crippen molar-refractivity contribution >= 4 is 11.3 Å². The predicted octanol–water partition coefficient (Wildman–Crippen LogP) is 2.48. The Morgan fingerprint density at radius 2 is 2.29 bits per heavy atom. The van der Waals surface area contributed by atoms with Crippen molar-refractivity contribution in [1.82, 2.24) is 10.3 Å². The van der Waals surface area contributed by atoms with Crippen molar-refractivity contribution in [2.45, 2.75) is 39.2 Å². The average Bonchev–Trinajstić information content (AvgIpc) is 2.94. The van der Waals surface area contributed by atoms with Crippen LogP contribution in [0.1, 0.15) is 42.1 Å². The zero-order valence-electron chi connectivity index (χ0n) is 10.8. The van der Waals surface area contributed by atoms with Crippen LogP contribution in [0.5, 0.6) is 0 Å². The molecule has 0 saturated heterocycles. The first-order chi connectivity index (χ1) is 8.20. The molecule has 0 amide bonds. The van der Waals surface area contributed by atoms with Gasteiger partial charge in [0.25, 0.3) is 0 Å². The topological polar surface area (TPSA) is 50.9 Å². The summed E-state index contributed by atoms with van der Waals surface area (Å²) in [5.41, 5.74) is 5.81. The molecular weight excluding hydrogens is 230 g/mol. The van der Waals surface area contributed by atoms with Gasteiger partial charge in [-0.15, -0.1) is 11.3 Å². The molecule has 1 fully saturated rings. The molecule has 1 aromatic rings. The maximum absolute atomic E-state index is 5.81. The van der Waals surface area contributed by atoms with Crippen LogP contribution in [-0.4, -0.2) is 18.1 Å². The quantitative estimate of drug-likeness (QED) is 0.847. The van der Waals surface area contributed by atoms with Crippen molar-refractivity contribution in [3.63, 3.8) is 0 Å². The van der Waals surface area contributed by atoms with Crippen LogP contribution in [0.3, 0.4) is 0 Å². The fourth-order valence-electron chi connectivity index (χ4n) is 2.68. The second-order valence-electron chi connectivity index (χ2n) is 5.13. The lowest BCUT2D eigenvalue weighted by molar-refractivity contribution is 0.359. The monoisotopic (exact) mass is 253 g/mol. The highest BCUT2D eigenvalue weighted by molar-refractivity contribution is 7.11. The Morgan fingerprint density at radius 1 is 1.53 bits per heavy atom. The van der Waals surface area contributed by atoms with Crippen LogP contribution in [0.25, 0.3) is 0 Å². The first-order valence-corrected chi connectivity index (χ1v) is 7.38. The second kappa shape index (κ2) is 5.94. The largest absolute Gasteiger partial charge is 0.330 e. The molecule has 1 heterocycles. The van der Waals surface area contributed by atoms with Crippen LogP contribution in [-0.2, 0) is 0 Å². The molecule has 0 spiro atoms. The summed E-state index contributed by atoms with van der Waals surface area (Å²) in [6.45, 7) is 6.23. The molecular formula is C13H23N3S. The third kappa shape index (κ3) is 3.27. The van der Waals surface area contributed by atoms with Gasteiger partial charge in [0.05, 0.1) is 6.04 Å². The summed E-state index contributed by atoms with van der Waals surface area (Å²) >= 11 is 1.79. The van der Waals surface area contributed by atoms with Gasteiger partial charge >= 0.3 is 0 Å². The number of nitrogens with zero attached hydrogens (tertiary/aromatic N) is 1. The van der Waals surface area contributed by atoms with Crippen molar-refractivity contribution in [2.24, 2.45) is 17.6 Å². The number of thiazole rings is 1. The third-order valence-corrected chi connectivity index (χ3v) is 4.91. The van der Waals surface area contributed by atoms with Crippen LogP contribution in [0.4, 0.5) is 0 Å². The van der Waals surface area contributed by atoms with Gasteiger partial charge in [0.1, 0.15) is 5.01 Å². The van der Waals surface area contributed by atoms with Gasteiger partial charge in [-0.25, -0.2) is 4.98 Å². The van der Waals surface area contributed by atoms with Crippen molar-refractivity contribution in [3.05, 3.63) is 16.1 Å². The van der Waals surface area contributed by atoms with Gasteiger partial charge in [0.2, 0.25) is 0 Å². The third-order valence-electron chi connectivity index (χ3n) is 3.82. The molecule has 3 unspecified atom stereocenters. The minimum Gasteiger partial charge on any atom is -0.330 e. The zero-order chi connectivity index (χ0) is 12.3. The maximum atomic E-state index is 5.81. The van der Waals surface area contributed by atoms with Crippen LogP contribution in [0.15, 0.2) is 6.20 Å². The van der Waals surface area contributed by atoms with Crippen molar-refractivity contribution < 1.29 is 0 Å². The second-order valence-corrected chi connectivity index (χ2v) is 6.39. The lowest BCUT2D eigenvalue weighted by atomic mass is 9.96. The molecule has 1 aromatic heterocycles. The maximum Gasteiger partial charge on any atom is 0.109 e. The van der Waals surface area contributed by atoms with Gasteiger partial charge < -0.3 is 11.1 Å². The van der Waals surface area contributed by atoms with Gasteiger partial charge in [-0.1, -0.05) is 6.42 Å². The number of nitrogens with two attached hydrogens (primary N) is 1. The minimum atomic E-state index is 0.368. The predicted molar refractivity (Wildman–Crippen MR) is 73.2 cm³/mol. The Morgan fingerprint density at radius 3 is 2.94 bits per heavy atom. The summed E-state index contributed by atoms with van der Waals surface area (Å²) in [6, 6.07) is 0.368. The molecule has 96 valence electrons. The van der Waals surface area contributed by atoms with Crippen LogP contribution in [0, 0.1) is 18.8 Å². The smallest absolute Gasteiger partial charge is 0.109 e. The van der Waals surface area contributed by atoms with E-state index >= 15 is 0 Å². The Hall–Kier alpha value is -0.450.